The van der Waals surface area contributed by atoms with E-state index in [2.05, 4.69) is 10.5 Å². The standard InChI is InChI=1S/C24H22Cl2N2O4/c1-15-7-9-17(22(11-15)30-2)24(29)28-27-13-16-8-10-21(23(12-16)31-3)32-14-18-19(25)5-4-6-20(18)26/h4-13H,14H2,1-3H3,(H,28,29)/b27-13-. The number of methoxy groups -OCH3 is 2. The topological polar surface area (TPSA) is 69.2 Å². The summed E-state index contributed by atoms with van der Waals surface area (Å²) in [7, 11) is 3.06. The zero-order chi connectivity index (χ0) is 23.1. The number of carbonyl (C=O) groups excluding carboxylic acids is 1. The van der Waals surface area contributed by atoms with Crippen LogP contribution in [-0.2, 0) is 6.61 Å². The van der Waals surface area contributed by atoms with Gasteiger partial charge in [0.1, 0.15) is 12.4 Å². The second kappa shape index (κ2) is 10.9. The Balaban J connectivity index is 1.68. The lowest BCUT2D eigenvalue weighted by Gasteiger charge is -2.13. The Morgan fingerprint density at radius 1 is 0.969 bits per heavy atom. The van der Waals surface area contributed by atoms with Crippen molar-refractivity contribution in [3.05, 3.63) is 86.9 Å². The number of hydrazone groups is 1. The molecule has 0 saturated carbocycles. The number of aryl methyl sites for hydroxylation is 1. The van der Waals surface area contributed by atoms with Gasteiger partial charge in [-0.05, 0) is 60.5 Å². The molecule has 3 aromatic carbocycles. The number of carbonyl (C=O) groups is 1. The number of nitrogens with zero attached hydrogens (tertiary/aromatic N) is 1. The summed E-state index contributed by atoms with van der Waals surface area (Å²) < 4.78 is 16.5. The van der Waals surface area contributed by atoms with Crippen molar-refractivity contribution in [2.24, 2.45) is 5.10 Å². The summed E-state index contributed by atoms with van der Waals surface area (Å²) in [5.41, 5.74) is 5.30. The Kier molecular flexibility index (Phi) is 7.98. The van der Waals surface area contributed by atoms with Crippen LogP contribution in [0.2, 0.25) is 10.0 Å². The van der Waals surface area contributed by atoms with E-state index in [0.29, 0.717) is 44.0 Å². The van der Waals surface area contributed by atoms with Gasteiger partial charge in [0.2, 0.25) is 0 Å². The Bertz CT molecular complexity index is 1130. The maximum absolute atomic E-state index is 12.4. The predicted octanol–water partition coefficient (Wildman–Crippen LogP) is 5.66. The molecular weight excluding hydrogens is 451 g/mol. The second-order valence-corrected chi connectivity index (χ2v) is 7.62. The summed E-state index contributed by atoms with van der Waals surface area (Å²) in [4.78, 5) is 12.4. The van der Waals surface area contributed by atoms with Crippen molar-refractivity contribution in [1.29, 1.82) is 0 Å². The van der Waals surface area contributed by atoms with Crippen molar-refractivity contribution < 1.29 is 19.0 Å². The van der Waals surface area contributed by atoms with Crippen LogP contribution in [0.25, 0.3) is 0 Å². The molecule has 0 aliphatic heterocycles. The number of hydrogen-bond donors (Lipinski definition) is 1. The molecule has 0 unspecified atom stereocenters. The fourth-order valence-corrected chi connectivity index (χ4v) is 3.42. The first-order valence-corrected chi connectivity index (χ1v) is 10.4. The minimum atomic E-state index is -0.373. The van der Waals surface area contributed by atoms with Crippen molar-refractivity contribution in [3.63, 3.8) is 0 Å². The fourth-order valence-electron chi connectivity index (χ4n) is 2.92. The molecule has 166 valence electrons. The van der Waals surface area contributed by atoms with Crippen molar-refractivity contribution in [1.82, 2.24) is 5.43 Å². The minimum absolute atomic E-state index is 0.191. The molecule has 0 bridgehead atoms. The smallest absolute Gasteiger partial charge is 0.275 e. The van der Waals surface area contributed by atoms with Crippen LogP contribution in [0.3, 0.4) is 0 Å². The lowest BCUT2D eigenvalue weighted by Crippen LogP contribution is -2.18. The minimum Gasteiger partial charge on any atom is -0.496 e. The number of benzene rings is 3. The lowest BCUT2D eigenvalue weighted by atomic mass is 10.1. The first kappa shape index (κ1) is 23.4. The zero-order valence-electron chi connectivity index (χ0n) is 17.8. The molecule has 0 saturated heterocycles. The average molecular weight is 473 g/mol. The lowest BCUT2D eigenvalue weighted by molar-refractivity contribution is 0.0952. The van der Waals surface area contributed by atoms with E-state index in [1.165, 1.54) is 20.4 Å². The second-order valence-electron chi connectivity index (χ2n) is 6.80. The quantitative estimate of drug-likeness (QED) is 0.339. The van der Waals surface area contributed by atoms with E-state index in [4.69, 9.17) is 37.4 Å². The summed E-state index contributed by atoms with van der Waals surface area (Å²) in [6.45, 7) is 2.11. The van der Waals surface area contributed by atoms with Crippen LogP contribution in [0.4, 0.5) is 0 Å². The Hall–Kier alpha value is -3.22. The van der Waals surface area contributed by atoms with Gasteiger partial charge in [-0.1, -0.05) is 35.3 Å². The Morgan fingerprint density at radius 2 is 1.69 bits per heavy atom. The van der Waals surface area contributed by atoms with Crippen molar-refractivity contribution in [3.8, 4) is 17.2 Å². The van der Waals surface area contributed by atoms with Crippen molar-refractivity contribution in [2.45, 2.75) is 13.5 Å². The molecule has 0 aromatic heterocycles. The fraction of sp³-hybridized carbons (Fsp3) is 0.167. The van der Waals surface area contributed by atoms with Gasteiger partial charge in [-0.2, -0.15) is 5.10 Å². The zero-order valence-corrected chi connectivity index (χ0v) is 19.3. The molecule has 0 radical (unpaired) electrons. The van der Waals surface area contributed by atoms with Gasteiger partial charge in [0.25, 0.3) is 5.91 Å². The van der Waals surface area contributed by atoms with Gasteiger partial charge >= 0.3 is 0 Å². The first-order valence-electron chi connectivity index (χ1n) is 9.64. The van der Waals surface area contributed by atoms with Crippen LogP contribution in [0.5, 0.6) is 17.2 Å². The van der Waals surface area contributed by atoms with Gasteiger partial charge in [-0.25, -0.2) is 5.43 Å². The van der Waals surface area contributed by atoms with Gasteiger partial charge in [0.15, 0.2) is 11.5 Å². The number of rotatable bonds is 8. The number of amides is 1. The van der Waals surface area contributed by atoms with Crippen LogP contribution in [0.1, 0.15) is 27.0 Å². The maximum Gasteiger partial charge on any atom is 0.275 e. The number of halogens is 2. The van der Waals surface area contributed by atoms with Crippen LogP contribution in [0, 0.1) is 6.92 Å². The summed E-state index contributed by atoms with van der Waals surface area (Å²) in [6.07, 6.45) is 1.51. The molecule has 32 heavy (non-hydrogen) atoms. The SMILES string of the molecule is COc1cc(/C=N\NC(=O)c2ccc(C)cc2OC)ccc1OCc1c(Cl)cccc1Cl. The molecule has 0 aliphatic rings. The molecule has 1 amide bonds. The highest BCUT2D eigenvalue weighted by atomic mass is 35.5. The van der Waals surface area contributed by atoms with E-state index in [1.54, 1.807) is 48.5 Å². The normalized spacial score (nSPS) is 10.8. The molecule has 3 aromatic rings. The van der Waals surface area contributed by atoms with E-state index in [1.807, 2.05) is 13.0 Å². The van der Waals surface area contributed by atoms with Gasteiger partial charge < -0.3 is 14.2 Å². The molecule has 8 heteroatoms. The number of nitrogens with one attached hydrogen (secondary N) is 1. The summed E-state index contributed by atoms with van der Waals surface area (Å²) in [5, 5.41) is 5.08. The first-order chi connectivity index (χ1) is 15.4. The Labute approximate surface area is 196 Å². The third-order valence-corrected chi connectivity index (χ3v) is 5.31. The van der Waals surface area contributed by atoms with E-state index in [0.717, 1.165) is 5.56 Å². The third-order valence-electron chi connectivity index (χ3n) is 4.60. The maximum atomic E-state index is 12.4. The largest absolute Gasteiger partial charge is 0.496 e. The summed E-state index contributed by atoms with van der Waals surface area (Å²) in [5.74, 6) is 1.14. The monoisotopic (exact) mass is 472 g/mol. The van der Waals surface area contributed by atoms with Crippen LogP contribution in [-0.4, -0.2) is 26.3 Å². The van der Waals surface area contributed by atoms with E-state index in [-0.39, 0.29) is 12.5 Å². The van der Waals surface area contributed by atoms with E-state index < -0.39 is 0 Å². The molecule has 0 fully saturated rings. The molecule has 1 N–H and O–H groups in total. The molecule has 0 atom stereocenters. The molecule has 0 heterocycles. The average Bonchev–Trinajstić information content (AvgIpc) is 2.79. The highest BCUT2D eigenvalue weighted by Gasteiger charge is 2.12. The number of hydrogen-bond acceptors (Lipinski definition) is 5. The Morgan fingerprint density at radius 3 is 2.38 bits per heavy atom. The van der Waals surface area contributed by atoms with Crippen LogP contribution >= 0.6 is 23.2 Å². The van der Waals surface area contributed by atoms with Gasteiger partial charge in [-0.15, -0.1) is 0 Å². The van der Waals surface area contributed by atoms with E-state index in [9.17, 15) is 4.79 Å². The highest BCUT2D eigenvalue weighted by molar-refractivity contribution is 6.35. The number of ether oxygens (including phenoxy) is 3. The molecule has 0 aliphatic carbocycles. The molecule has 3 rings (SSSR count). The van der Waals surface area contributed by atoms with Gasteiger partial charge in [-0.3, -0.25) is 4.79 Å². The summed E-state index contributed by atoms with van der Waals surface area (Å²) >= 11 is 12.4. The third kappa shape index (κ3) is 5.72. The predicted molar refractivity (Wildman–Crippen MR) is 127 cm³/mol. The van der Waals surface area contributed by atoms with Gasteiger partial charge in [0, 0.05) is 15.6 Å². The van der Waals surface area contributed by atoms with Crippen LogP contribution < -0.4 is 19.6 Å². The van der Waals surface area contributed by atoms with E-state index >= 15 is 0 Å². The molecular formula is C24H22Cl2N2O4. The van der Waals surface area contributed by atoms with Crippen molar-refractivity contribution >= 4 is 35.3 Å². The highest BCUT2D eigenvalue weighted by Crippen LogP contribution is 2.31. The molecule has 0 spiro atoms. The van der Waals surface area contributed by atoms with Crippen LogP contribution in [0.15, 0.2) is 59.7 Å². The molecule has 6 nitrogen and oxygen atoms in total. The van der Waals surface area contributed by atoms with Gasteiger partial charge in [0.05, 0.1) is 26.0 Å². The van der Waals surface area contributed by atoms with Crippen molar-refractivity contribution in [2.75, 3.05) is 14.2 Å². The summed E-state index contributed by atoms with van der Waals surface area (Å²) in [6, 6.07) is 15.9.